The predicted molar refractivity (Wildman–Crippen MR) is 130 cm³/mol. The summed E-state index contributed by atoms with van der Waals surface area (Å²) in [5.74, 6) is 0.746. The smallest absolute Gasteiger partial charge is 0.251 e. The van der Waals surface area contributed by atoms with Gasteiger partial charge in [-0.2, -0.15) is 0 Å². The fraction of sp³-hybridized carbons (Fsp3) is 0.269. The van der Waals surface area contributed by atoms with Crippen molar-refractivity contribution >= 4 is 23.4 Å². The summed E-state index contributed by atoms with van der Waals surface area (Å²) in [6, 6.07) is 18.2. The highest BCUT2D eigenvalue weighted by molar-refractivity contribution is 7.98. The maximum Gasteiger partial charge on any atom is 0.251 e. The molecule has 1 heterocycles. The molecular weight excluding hydrogens is 439 g/mol. The number of hydrogen-bond acceptors (Lipinski definition) is 5. The van der Waals surface area contributed by atoms with E-state index in [9.17, 15) is 9.18 Å². The van der Waals surface area contributed by atoms with Crippen molar-refractivity contribution in [2.75, 3.05) is 30.9 Å². The number of ether oxygens (including phenoxy) is 2. The number of rotatable bonds is 8. The van der Waals surface area contributed by atoms with Crippen molar-refractivity contribution in [3.05, 3.63) is 83.2 Å². The van der Waals surface area contributed by atoms with Crippen molar-refractivity contribution in [3.8, 4) is 11.5 Å². The van der Waals surface area contributed by atoms with E-state index in [1.54, 1.807) is 30.0 Å². The standard InChI is InChI=1S/C26H27FN2O3S/c1-3-31-24-15-21(27)8-6-20(24)17-29-12-13-32-25-14-19(7-11-23(25)29)26(30)28-16-18-4-9-22(33-2)10-5-18/h4-11,14-15H,3,12-13,16-17H2,1-2H3,(H,28,30). The molecule has 0 radical (unpaired) electrons. The Hall–Kier alpha value is -3.19. The van der Waals surface area contributed by atoms with Crippen LogP contribution in [-0.2, 0) is 13.1 Å². The van der Waals surface area contributed by atoms with Gasteiger partial charge in [-0.15, -0.1) is 11.8 Å². The predicted octanol–water partition coefficient (Wildman–Crippen LogP) is 5.28. The number of carbonyl (C=O) groups excluding carboxylic acids is 1. The molecule has 3 aromatic rings. The lowest BCUT2D eigenvalue weighted by Gasteiger charge is -2.32. The largest absolute Gasteiger partial charge is 0.493 e. The lowest BCUT2D eigenvalue weighted by Crippen LogP contribution is -2.32. The van der Waals surface area contributed by atoms with Crippen LogP contribution in [0.15, 0.2) is 65.6 Å². The number of hydrogen-bond donors (Lipinski definition) is 1. The molecular formula is C26H27FN2O3S. The molecule has 0 aliphatic carbocycles. The second kappa shape index (κ2) is 10.6. The van der Waals surface area contributed by atoms with E-state index in [0.29, 0.717) is 49.9 Å². The second-order valence-electron chi connectivity index (χ2n) is 7.67. The van der Waals surface area contributed by atoms with E-state index in [1.807, 2.05) is 43.5 Å². The minimum atomic E-state index is -0.319. The van der Waals surface area contributed by atoms with Gasteiger partial charge in [-0.25, -0.2) is 4.39 Å². The van der Waals surface area contributed by atoms with E-state index in [1.165, 1.54) is 17.0 Å². The summed E-state index contributed by atoms with van der Waals surface area (Å²) >= 11 is 1.69. The third-order valence-corrected chi connectivity index (χ3v) is 6.23. The summed E-state index contributed by atoms with van der Waals surface area (Å²) in [6.45, 7) is 4.56. The fourth-order valence-corrected chi connectivity index (χ4v) is 4.17. The van der Waals surface area contributed by atoms with Crippen LogP contribution in [0.25, 0.3) is 0 Å². The molecule has 0 saturated carbocycles. The van der Waals surface area contributed by atoms with Crippen LogP contribution in [0.3, 0.4) is 0 Å². The van der Waals surface area contributed by atoms with Crippen LogP contribution >= 0.6 is 11.8 Å². The van der Waals surface area contributed by atoms with Crippen molar-refractivity contribution in [1.29, 1.82) is 0 Å². The molecule has 7 heteroatoms. The van der Waals surface area contributed by atoms with Crippen molar-refractivity contribution in [1.82, 2.24) is 5.32 Å². The Labute approximate surface area is 197 Å². The molecule has 4 rings (SSSR count). The van der Waals surface area contributed by atoms with Gasteiger partial charge in [0.15, 0.2) is 0 Å². The molecule has 0 aromatic heterocycles. The van der Waals surface area contributed by atoms with Gasteiger partial charge < -0.3 is 19.7 Å². The summed E-state index contributed by atoms with van der Waals surface area (Å²) in [7, 11) is 0. The van der Waals surface area contributed by atoms with Gasteiger partial charge in [0.2, 0.25) is 0 Å². The summed E-state index contributed by atoms with van der Waals surface area (Å²) in [6.07, 6.45) is 2.04. The van der Waals surface area contributed by atoms with E-state index in [4.69, 9.17) is 9.47 Å². The van der Waals surface area contributed by atoms with E-state index in [-0.39, 0.29) is 11.7 Å². The lowest BCUT2D eigenvalue weighted by atomic mass is 10.1. The highest BCUT2D eigenvalue weighted by Crippen LogP contribution is 2.34. The Morgan fingerprint density at radius 1 is 1.15 bits per heavy atom. The van der Waals surface area contributed by atoms with Crippen molar-refractivity contribution in [3.63, 3.8) is 0 Å². The van der Waals surface area contributed by atoms with E-state index < -0.39 is 0 Å². The van der Waals surface area contributed by atoms with Gasteiger partial charge in [0.25, 0.3) is 5.91 Å². The topological polar surface area (TPSA) is 50.8 Å². The van der Waals surface area contributed by atoms with Gasteiger partial charge >= 0.3 is 0 Å². The number of nitrogens with one attached hydrogen (secondary N) is 1. The van der Waals surface area contributed by atoms with Gasteiger partial charge in [0.1, 0.15) is 23.9 Å². The SMILES string of the molecule is CCOc1cc(F)ccc1CN1CCOc2cc(C(=O)NCc3ccc(SC)cc3)ccc21. The molecule has 1 aliphatic rings. The summed E-state index contributed by atoms with van der Waals surface area (Å²) in [5.41, 5.74) is 3.40. The van der Waals surface area contributed by atoms with Crippen molar-refractivity contribution in [2.45, 2.75) is 24.9 Å². The minimum Gasteiger partial charge on any atom is -0.493 e. The van der Waals surface area contributed by atoms with Gasteiger partial charge in [-0.05, 0) is 55.1 Å². The number of halogens is 1. The highest BCUT2D eigenvalue weighted by Gasteiger charge is 2.21. The molecule has 33 heavy (non-hydrogen) atoms. The number of thioether (sulfide) groups is 1. The fourth-order valence-electron chi connectivity index (χ4n) is 3.76. The number of benzene rings is 3. The number of carbonyl (C=O) groups is 1. The molecule has 1 aliphatic heterocycles. The maximum absolute atomic E-state index is 13.7. The minimum absolute atomic E-state index is 0.148. The number of nitrogens with zero attached hydrogens (tertiary/aromatic N) is 1. The molecule has 1 amide bonds. The normalized spacial score (nSPS) is 12.6. The average molecular weight is 467 g/mol. The summed E-state index contributed by atoms with van der Waals surface area (Å²) < 4.78 is 25.1. The number of fused-ring (bicyclic) bond motifs is 1. The van der Waals surface area contributed by atoms with E-state index >= 15 is 0 Å². The van der Waals surface area contributed by atoms with Crippen LogP contribution in [0.1, 0.15) is 28.4 Å². The zero-order valence-electron chi connectivity index (χ0n) is 18.8. The first-order chi connectivity index (χ1) is 16.1. The molecule has 0 unspecified atom stereocenters. The van der Waals surface area contributed by atoms with Gasteiger partial charge in [-0.3, -0.25) is 4.79 Å². The third-order valence-electron chi connectivity index (χ3n) is 5.48. The Kier molecular flexibility index (Phi) is 7.40. The van der Waals surface area contributed by atoms with Crippen LogP contribution in [0.2, 0.25) is 0 Å². The van der Waals surface area contributed by atoms with Gasteiger partial charge in [0.05, 0.1) is 18.8 Å². The molecule has 0 fully saturated rings. The molecule has 5 nitrogen and oxygen atoms in total. The molecule has 172 valence electrons. The van der Waals surface area contributed by atoms with Gasteiger partial charge in [0, 0.05) is 35.2 Å². The number of amides is 1. The lowest BCUT2D eigenvalue weighted by molar-refractivity contribution is 0.0950. The second-order valence-corrected chi connectivity index (χ2v) is 8.55. The first-order valence-corrected chi connectivity index (χ1v) is 12.1. The monoisotopic (exact) mass is 466 g/mol. The van der Waals surface area contributed by atoms with Crippen molar-refractivity contribution < 1.29 is 18.7 Å². The quantitative estimate of drug-likeness (QED) is 0.458. The van der Waals surface area contributed by atoms with Gasteiger partial charge in [-0.1, -0.05) is 18.2 Å². The zero-order valence-corrected chi connectivity index (χ0v) is 19.6. The molecule has 0 bridgehead atoms. The van der Waals surface area contributed by atoms with E-state index in [2.05, 4.69) is 10.2 Å². The summed E-state index contributed by atoms with van der Waals surface area (Å²) in [5, 5.41) is 2.97. The highest BCUT2D eigenvalue weighted by atomic mass is 32.2. The Bertz CT molecular complexity index is 1120. The Morgan fingerprint density at radius 3 is 2.73 bits per heavy atom. The molecule has 1 N–H and O–H groups in total. The molecule has 0 spiro atoms. The average Bonchev–Trinajstić information content (AvgIpc) is 2.84. The van der Waals surface area contributed by atoms with Crippen LogP contribution < -0.4 is 19.7 Å². The molecule has 0 atom stereocenters. The first kappa shape index (κ1) is 23.0. The molecule has 0 saturated heterocycles. The van der Waals surface area contributed by atoms with Crippen LogP contribution in [0, 0.1) is 5.82 Å². The number of anilines is 1. The van der Waals surface area contributed by atoms with Crippen LogP contribution in [0.5, 0.6) is 11.5 Å². The third kappa shape index (κ3) is 5.60. The maximum atomic E-state index is 13.7. The molecule has 3 aromatic carbocycles. The Morgan fingerprint density at radius 2 is 1.97 bits per heavy atom. The van der Waals surface area contributed by atoms with Crippen LogP contribution in [-0.4, -0.2) is 31.9 Å². The zero-order chi connectivity index (χ0) is 23.2. The Balaban J connectivity index is 1.46. The summed E-state index contributed by atoms with van der Waals surface area (Å²) in [4.78, 5) is 16.1. The van der Waals surface area contributed by atoms with E-state index in [0.717, 1.165) is 16.8 Å². The van der Waals surface area contributed by atoms with Crippen LogP contribution in [0.4, 0.5) is 10.1 Å². The van der Waals surface area contributed by atoms with Crippen molar-refractivity contribution in [2.24, 2.45) is 0 Å². The first-order valence-electron chi connectivity index (χ1n) is 10.9.